The molecule has 0 aliphatic rings. The van der Waals surface area contributed by atoms with Crippen LogP contribution >= 0.6 is 0 Å². The van der Waals surface area contributed by atoms with E-state index in [1.54, 1.807) is 0 Å². The van der Waals surface area contributed by atoms with Crippen molar-refractivity contribution < 1.29 is 9.90 Å². The topological polar surface area (TPSA) is 141 Å². The molecule has 0 radical (unpaired) electrons. The molecule has 0 saturated carbocycles. The van der Waals surface area contributed by atoms with E-state index in [2.05, 4.69) is 11.7 Å². The summed E-state index contributed by atoms with van der Waals surface area (Å²) in [7, 11) is 0. The lowest BCUT2D eigenvalue weighted by Crippen LogP contribution is -2.29. The van der Waals surface area contributed by atoms with Crippen LogP contribution < -0.4 is 23.2 Å². The SMILES string of the molecule is NCCCC[C@H](N)C(=O)O.NN. The minimum atomic E-state index is -0.933. The molecule has 12 heavy (non-hydrogen) atoms. The van der Waals surface area contributed by atoms with Crippen molar-refractivity contribution in [3.63, 3.8) is 0 Å². The molecule has 0 rings (SSSR count). The first-order valence-electron chi connectivity index (χ1n) is 3.70. The maximum absolute atomic E-state index is 10.1. The standard InChI is InChI=1S/C6H14N2O2.H4N2/c7-4-2-1-3-5(8)6(9)10;1-2/h5H,1-4,7-8H2,(H,9,10);1-2H2/t5-;/m0./s1. The number of hydrogen-bond acceptors (Lipinski definition) is 5. The molecule has 0 aliphatic heterocycles. The van der Waals surface area contributed by atoms with Gasteiger partial charge in [-0.1, -0.05) is 6.42 Å². The quantitative estimate of drug-likeness (QED) is 0.194. The van der Waals surface area contributed by atoms with Crippen LogP contribution in [0, 0.1) is 0 Å². The molecular weight excluding hydrogens is 160 g/mol. The highest BCUT2D eigenvalue weighted by Crippen LogP contribution is 1.96. The van der Waals surface area contributed by atoms with Gasteiger partial charge < -0.3 is 16.6 Å². The Balaban J connectivity index is 0. The lowest BCUT2D eigenvalue weighted by atomic mass is 10.1. The first kappa shape index (κ1) is 13.9. The molecule has 0 fully saturated rings. The van der Waals surface area contributed by atoms with Crippen LogP contribution in [0.3, 0.4) is 0 Å². The normalized spacial score (nSPS) is 11.3. The molecule has 0 aliphatic carbocycles. The van der Waals surface area contributed by atoms with Gasteiger partial charge in [0.25, 0.3) is 0 Å². The van der Waals surface area contributed by atoms with Crippen LogP contribution in [0.1, 0.15) is 19.3 Å². The van der Waals surface area contributed by atoms with Crippen molar-refractivity contribution in [2.45, 2.75) is 25.3 Å². The minimum absolute atomic E-state index is 0.520. The van der Waals surface area contributed by atoms with Crippen LogP contribution in [0.5, 0.6) is 0 Å². The molecule has 0 spiro atoms. The Kier molecular flexibility index (Phi) is 11.9. The fourth-order valence-electron chi connectivity index (χ4n) is 0.632. The van der Waals surface area contributed by atoms with Crippen molar-refractivity contribution in [3.8, 4) is 0 Å². The highest BCUT2D eigenvalue weighted by Gasteiger charge is 2.09. The molecule has 0 bridgehead atoms. The Morgan fingerprint density at radius 3 is 2.17 bits per heavy atom. The van der Waals surface area contributed by atoms with Gasteiger partial charge in [0.05, 0.1) is 0 Å². The third-order valence-electron chi connectivity index (χ3n) is 1.29. The fraction of sp³-hybridized carbons (Fsp3) is 0.833. The number of aliphatic carboxylic acids is 1. The van der Waals surface area contributed by atoms with Gasteiger partial charge >= 0.3 is 5.97 Å². The largest absolute Gasteiger partial charge is 0.480 e. The summed E-state index contributed by atoms with van der Waals surface area (Å²) in [5.41, 5.74) is 10.4. The number of carboxylic acid groups (broad SMARTS) is 1. The maximum atomic E-state index is 10.1. The summed E-state index contributed by atoms with van der Waals surface area (Å²) in [6.07, 6.45) is 2.16. The summed E-state index contributed by atoms with van der Waals surface area (Å²) < 4.78 is 0. The summed E-state index contributed by atoms with van der Waals surface area (Å²) in [5.74, 6) is 7.07. The van der Waals surface area contributed by atoms with E-state index in [0.29, 0.717) is 13.0 Å². The lowest BCUT2D eigenvalue weighted by molar-refractivity contribution is -0.138. The van der Waals surface area contributed by atoms with E-state index in [4.69, 9.17) is 16.6 Å². The Bertz CT molecular complexity index is 110. The van der Waals surface area contributed by atoms with Crippen LogP contribution in [-0.4, -0.2) is 23.7 Å². The zero-order valence-electron chi connectivity index (χ0n) is 7.07. The van der Waals surface area contributed by atoms with E-state index in [9.17, 15) is 4.79 Å². The number of carboxylic acids is 1. The zero-order chi connectivity index (χ0) is 9.98. The predicted octanol–water partition coefficient (Wildman–Crippen LogP) is -1.65. The molecule has 0 aromatic rings. The second kappa shape index (κ2) is 10.3. The van der Waals surface area contributed by atoms with E-state index in [1.165, 1.54) is 0 Å². The summed E-state index contributed by atoms with van der Waals surface area (Å²) in [4.78, 5) is 10.1. The number of nitrogens with two attached hydrogens (primary N) is 4. The predicted molar refractivity (Wildman–Crippen MR) is 46.9 cm³/mol. The fourth-order valence-corrected chi connectivity index (χ4v) is 0.632. The Hall–Kier alpha value is -0.690. The van der Waals surface area contributed by atoms with E-state index < -0.39 is 12.0 Å². The number of hydrazine groups is 1. The molecule has 0 aromatic heterocycles. The third-order valence-corrected chi connectivity index (χ3v) is 1.29. The second-order valence-electron chi connectivity index (χ2n) is 2.23. The van der Waals surface area contributed by atoms with Gasteiger partial charge in [0.15, 0.2) is 0 Å². The van der Waals surface area contributed by atoms with Crippen molar-refractivity contribution in [2.24, 2.45) is 23.2 Å². The molecule has 0 aromatic carbocycles. The molecule has 0 unspecified atom stereocenters. The van der Waals surface area contributed by atoms with Crippen LogP contribution in [0.25, 0.3) is 0 Å². The van der Waals surface area contributed by atoms with Gasteiger partial charge in [-0.2, -0.15) is 0 Å². The highest BCUT2D eigenvalue weighted by molar-refractivity contribution is 5.72. The van der Waals surface area contributed by atoms with Gasteiger partial charge in [-0.3, -0.25) is 16.5 Å². The lowest BCUT2D eigenvalue weighted by Gasteiger charge is -2.03. The third kappa shape index (κ3) is 9.31. The molecule has 6 heteroatoms. The highest BCUT2D eigenvalue weighted by atomic mass is 16.4. The Labute approximate surface area is 71.9 Å². The number of hydrogen-bond donors (Lipinski definition) is 5. The number of unbranched alkanes of at least 4 members (excludes halogenated alkanes) is 1. The molecule has 74 valence electrons. The van der Waals surface area contributed by atoms with Gasteiger partial charge in [0.2, 0.25) is 0 Å². The molecule has 1 atom stereocenters. The van der Waals surface area contributed by atoms with Crippen LogP contribution in [0.2, 0.25) is 0 Å². The van der Waals surface area contributed by atoms with Crippen LogP contribution in [-0.2, 0) is 4.79 Å². The summed E-state index contributed by atoms with van der Waals surface area (Å²) >= 11 is 0. The summed E-state index contributed by atoms with van der Waals surface area (Å²) in [6.45, 7) is 0.604. The van der Waals surface area contributed by atoms with Crippen LogP contribution in [0.15, 0.2) is 0 Å². The molecule has 0 heterocycles. The van der Waals surface area contributed by atoms with E-state index in [1.807, 2.05) is 0 Å². The van der Waals surface area contributed by atoms with Gasteiger partial charge in [-0.25, -0.2) is 0 Å². The average Bonchev–Trinajstić information content (AvgIpc) is 2.08. The zero-order valence-corrected chi connectivity index (χ0v) is 7.07. The minimum Gasteiger partial charge on any atom is -0.480 e. The number of rotatable bonds is 5. The molecule has 9 N–H and O–H groups in total. The van der Waals surface area contributed by atoms with Crippen molar-refractivity contribution in [1.29, 1.82) is 0 Å². The van der Waals surface area contributed by atoms with E-state index >= 15 is 0 Å². The van der Waals surface area contributed by atoms with Gasteiger partial charge in [-0.15, -0.1) is 0 Å². The Morgan fingerprint density at radius 2 is 1.83 bits per heavy atom. The van der Waals surface area contributed by atoms with Crippen molar-refractivity contribution >= 4 is 5.97 Å². The first-order chi connectivity index (χ1) is 5.68. The monoisotopic (exact) mass is 178 g/mol. The van der Waals surface area contributed by atoms with Gasteiger partial charge in [-0.05, 0) is 19.4 Å². The molecule has 0 saturated heterocycles. The van der Waals surface area contributed by atoms with Gasteiger partial charge in [0, 0.05) is 0 Å². The van der Waals surface area contributed by atoms with Crippen molar-refractivity contribution in [1.82, 2.24) is 0 Å². The first-order valence-corrected chi connectivity index (χ1v) is 3.70. The van der Waals surface area contributed by atoms with Gasteiger partial charge in [0.1, 0.15) is 6.04 Å². The van der Waals surface area contributed by atoms with Crippen molar-refractivity contribution in [3.05, 3.63) is 0 Å². The van der Waals surface area contributed by atoms with Crippen molar-refractivity contribution in [2.75, 3.05) is 6.54 Å². The Morgan fingerprint density at radius 1 is 1.33 bits per heavy atom. The second-order valence-corrected chi connectivity index (χ2v) is 2.23. The maximum Gasteiger partial charge on any atom is 0.320 e. The molecular formula is C6H18N4O2. The smallest absolute Gasteiger partial charge is 0.320 e. The van der Waals surface area contributed by atoms with E-state index in [-0.39, 0.29) is 0 Å². The average molecular weight is 178 g/mol. The van der Waals surface area contributed by atoms with Crippen LogP contribution in [0.4, 0.5) is 0 Å². The summed E-state index contributed by atoms with van der Waals surface area (Å²) in [5, 5.41) is 8.33. The molecule has 0 amide bonds. The number of carbonyl (C=O) groups is 1. The summed E-state index contributed by atoms with van der Waals surface area (Å²) in [6, 6.07) is -0.716. The molecule has 6 nitrogen and oxygen atoms in total. The van der Waals surface area contributed by atoms with E-state index in [0.717, 1.165) is 12.8 Å².